The summed E-state index contributed by atoms with van der Waals surface area (Å²) in [5, 5.41) is 6.38. The van der Waals surface area contributed by atoms with Gasteiger partial charge < -0.3 is 10.6 Å². The van der Waals surface area contributed by atoms with Gasteiger partial charge in [0.25, 0.3) is 0 Å². The zero-order valence-corrected chi connectivity index (χ0v) is 17.7. The van der Waals surface area contributed by atoms with Crippen LogP contribution >= 0.6 is 0 Å². The van der Waals surface area contributed by atoms with E-state index in [1.54, 1.807) is 6.08 Å². The van der Waals surface area contributed by atoms with Gasteiger partial charge in [-0.2, -0.15) is 0 Å². The van der Waals surface area contributed by atoms with E-state index in [-0.39, 0.29) is 5.91 Å². The van der Waals surface area contributed by atoms with Crippen LogP contribution in [0.1, 0.15) is 70.1 Å². The van der Waals surface area contributed by atoms with Crippen LogP contribution in [-0.2, 0) is 16.0 Å². The van der Waals surface area contributed by atoms with Crippen molar-refractivity contribution < 1.29 is 9.59 Å². The molecule has 2 aromatic rings. The molecule has 29 heavy (non-hydrogen) atoms. The first kappa shape index (κ1) is 22.7. The predicted octanol–water partition coefficient (Wildman–Crippen LogP) is 4.39. The Bertz CT molecular complexity index is 811. The molecule has 158 valence electrons. The first-order valence-corrected chi connectivity index (χ1v) is 10.8. The Hall–Kier alpha value is -2.63. The number of nitrogens with one attached hydrogen (secondary N) is 2. The summed E-state index contributed by atoms with van der Waals surface area (Å²) in [6.45, 7) is 5.63. The predicted molar refractivity (Wildman–Crippen MR) is 119 cm³/mol. The largest absolute Gasteiger partial charge is 0.369 e. The van der Waals surface area contributed by atoms with Gasteiger partial charge in [-0.25, -0.2) is 4.98 Å². The number of aldehydes is 1. The SMILES string of the molecule is CCCCCCc1nc2cc(/C=C/C=O)ccn2c1NCCC(=O)NCCCC. The molecule has 6 heteroatoms. The van der Waals surface area contributed by atoms with Crippen molar-refractivity contribution in [3.63, 3.8) is 0 Å². The highest BCUT2D eigenvalue weighted by Gasteiger charge is 2.12. The number of hydrogen-bond donors (Lipinski definition) is 2. The molecule has 0 aromatic carbocycles. The average Bonchev–Trinajstić information content (AvgIpc) is 3.06. The number of hydrogen-bond acceptors (Lipinski definition) is 4. The summed E-state index contributed by atoms with van der Waals surface area (Å²) >= 11 is 0. The minimum atomic E-state index is 0.0746. The number of carbonyl (C=O) groups excluding carboxylic acids is 2. The van der Waals surface area contributed by atoms with Crippen LogP contribution in [0.3, 0.4) is 0 Å². The molecule has 2 rings (SSSR count). The quantitative estimate of drug-likeness (QED) is 0.281. The fourth-order valence-corrected chi connectivity index (χ4v) is 3.23. The summed E-state index contributed by atoms with van der Waals surface area (Å²) in [5.74, 6) is 1.04. The molecular formula is C23H34N4O2. The van der Waals surface area contributed by atoms with E-state index in [0.29, 0.717) is 13.0 Å². The summed E-state index contributed by atoms with van der Waals surface area (Å²) in [7, 11) is 0. The zero-order chi connectivity index (χ0) is 20.9. The van der Waals surface area contributed by atoms with Gasteiger partial charge in [-0.15, -0.1) is 0 Å². The van der Waals surface area contributed by atoms with Gasteiger partial charge in [-0.3, -0.25) is 14.0 Å². The third-order valence-electron chi connectivity index (χ3n) is 4.85. The van der Waals surface area contributed by atoms with E-state index < -0.39 is 0 Å². The number of aryl methyl sites for hydroxylation is 1. The number of imidazole rings is 1. The van der Waals surface area contributed by atoms with Crippen molar-refractivity contribution in [3.05, 3.63) is 35.7 Å². The molecule has 2 heterocycles. The maximum Gasteiger partial charge on any atom is 0.221 e. The van der Waals surface area contributed by atoms with E-state index in [4.69, 9.17) is 4.98 Å². The molecule has 0 aliphatic heterocycles. The van der Waals surface area contributed by atoms with Gasteiger partial charge in [0.15, 0.2) is 0 Å². The second-order valence-corrected chi connectivity index (χ2v) is 7.28. The minimum Gasteiger partial charge on any atom is -0.369 e. The van der Waals surface area contributed by atoms with E-state index in [1.165, 1.54) is 25.3 Å². The lowest BCUT2D eigenvalue weighted by molar-refractivity contribution is -0.120. The van der Waals surface area contributed by atoms with Gasteiger partial charge in [-0.05, 0) is 43.0 Å². The van der Waals surface area contributed by atoms with Crippen LogP contribution in [0.4, 0.5) is 5.82 Å². The fourth-order valence-electron chi connectivity index (χ4n) is 3.23. The van der Waals surface area contributed by atoms with Crippen molar-refractivity contribution in [2.75, 3.05) is 18.4 Å². The van der Waals surface area contributed by atoms with Gasteiger partial charge in [-0.1, -0.05) is 45.6 Å². The third kappa shape index (κ3) is 7.37. The molecule has 0 unspecified atom stereocenters. The first-order valence-electron chi connectivity index (χ1n) is 10.8. The monoisotopic (exact) mass is 398 g/mol. The van der Waals surface area contributed by atoms with Crippen molar-refractivity contribution in [2.45, 2.75) is 65.2 Å². The molecular weight excluding hydrogens is 364 g/mol. The Balaban J connectivity index is 2.10. The molecule has 1 amide bonds. The Morgan fingerprint density at radius 3 is 2.72 bits per heavy atom. The van der Waals surface area contributed by atoms with E-state index in [0.717, 1.165) is 61.2 Å². The molecule has 2 aromatic heterocycles. The molecule has 6 nitrogen and oxygen atoms in total. The number of aromatic nitrogens is 2. The summed E-state index contributed by atoms with van der Waals surface area (Å²) in [6.07, 6.45) is 14.1. The molecule has 0 bridgehead atoms. The van der Waals surface area contributed by atoms with Crippen LogP contribution in [0, 0.1) is 0 Å². The molecule has 0 atom stereocenters. The lowest BCUT2D eigenvalue weighted by atomic mass is 10.1. The maximum atomic E-state index is 12.0. The van der Waals surface area contributed by atoms with Crippen LogP contribution in [0.25, 0.3) is 11.7 Å². The highest BCUT2D eigenvalue weighted by Crippen LogP contribution is 2.22. The van der Waals surface area contributed by atoms with Crippen molar-refractivity contribution in [1.82, 2.24) is 14.7 Å². The van der Waals surface area contributed by atoms with E-state index in [1.807, 2.05) is 22.7 Å². The van der Waals surface area contributed by atoms with Gasteiger partial charge >= 0.3 is 0 Å². The van der Waals surface area contributed by atoms with Crippen LogP contribution in [0.15, 0.2) is 24.4 Å². The molecule has 0 radical (unpaired) electrons. The van der Waals surface area contributed by atoms with Crippen molar-refractivity contribution in [1.29, 1.82) is 0 Å². The first-order chi connectivity index (χ1) is 14.2. The number of pyridine rings is 1. The Morgan fingerprint density at radius 2 is 1.97 bits per heavy atom. The number of unbranched alkanes of at least 4 members (excludes halogenated alkanes) is 4. The lowest BCUT2D eigenvalue weighted by Crippen LogP contribution is -2.26. The summed E-state index contributed by atoms with van der Waals surface area (Å²) in [5.41, 5.74) is 2.82. The molecule has 0 aliphatic rings. The number of nitrogens with zero attached hydrogens (tertiary/aromatic N) is 2. The highest BCUT2D eigenvalue weighted by molar-refractivity contribution is 5.76. The molecule has 0 saturated heterocycles. The Kier molecular flexibility index (Phi) is 9.96. The van der Waals surface area contributed by atoms with Crippen molar-refractivity contribution >= 4 is 29.7 Å². The summed E-state index contributed by atoms with van der Waals surface area (Å²) in [6, 6.07) is 3.93. The van der Waals surface area contributed by atoms with Crippen LogP contribution < -0.4 is 10.6 Å². The second-order valence-electron chi connectivity index (χ2n) is 7.28. The minimum absolute atomic E-state index is 0.0746. The zero-order valence-electron chi connectivity index (χ0n) is 17.7. The van der Waals surface area contributed by atoms with Crippen molar-refractivity contribution in [2.24, 2.45) is 0 Å². The number of anilines is 1. The number of amides is 1. The van der Waals surface area contributed by atoms with Crippen molar-refractivity contribution in [3.8, 4) is 0 Å². The topological polar surface area (TPSA) is 75.5 Å². The molecule has 2 N–H and O–H groups in total. The maximum absolute atomic E-state index is 12.0. The van der Waals surface area contributed by atoms with Crippen LogP contribution in [0.5, 0.6) is 0 Å². The average molecular weight is 399 g/mol. The standard InChI is InChI=1S/C23H34N4O2/c1-3-5-7-8-11-20-23(25-15-12-22(29)24-14-6-4-2)27-16-13-19(10-9-17-28)18-21(27)26-20/h9-10,13,16-18,25H,3-8,11-12,14-15H2,1-2H3,(H,24,29)/b10-9+. The van der Waals surface area contributed by atoms with E-state index >= 15 is 0 Å². The second kappa shape index (κ2) is 12.8. The van der Waals surface area contributed by atoms with E-state index in [9.17, 15) is 9.59 Å². The number of carbonyl (C=O) groups is 2. The van der Waals surface area contributed by atoms with Gasteiger partial charge in [0.2, 0.25) is 5.91 Å². The number of fused-ring (bicyclic) bond motifs is 1. The summed E-state index contributed by atoms with van der Waals surface area (Å²) < 4.78 is 2.03. The molecule has 0 spiro atoms. The smallest absolute Gasteiger partial charge is 0.221 e. The van der Waals surface area contributed by atoms with Gasteiger partial charge in [0.05, 0.1) is 5.69 Å². The van der Waals surface area contributed by atoms with Crippen LogP contribution in [-0.4, -0.2) is 34.7 Å². The number of allylic oxidation sites excluding steroid dienone is 1. The van der Waals surface area contributed by atoms with Gasteiger partial charge in [0.1, 0.15) is 17.8 Å². The van der Waals surface area contributed by atoms with E-state index in [2.05, 4.69) is 24.5 Å². The fraction of sp³-hybridized carbons (Fsp3) is 0.522. The number of rotatable bonds is 14. The third-order valence-corrected chi connectivity index (χ3v) is 4.85. The normalized spacial score (nSPS) is 11.2. The summed E-state index contributed by atoms with van der Waals surface area (Å²) in [4.78, 5) is 27.4. The highest BCUT2D eigenvalue weighted by atomic mass is 16.1. The molecule has 0 saturated carbocycles. The Morgan fingerprint density at radius 1 is 1.14 bits per heavy atom. The molecule has 0 aliphatic carbocycles. The van der Waals surface area contributed by atoms with Gasteiger partial charge in [0, 0.05) is 25.7 Å². The lowest BCUT2D eigenvalue weighted by Gasteiger charge is -2.09. The van der Waals surface area contributed by atoms with Crippen LogP contribution in [0.2, 0.25) is 0 Å². The Labute approximate surface area is 173 Å². The molecule has 0 fully saturated rings.